The Labute approximate surface area is 126 Å². The summed E-state index contributed by atoms with van der Waals surface area (Å²) in [6, 6.07) is 15.3. The zero-order valence-electron chi connectivity index (χ0n) is 11.4. The fourth-order valence-electron chi connectivity index (χ4n) is 2.02. The second-order valence-electron chi connectivity index (χ2n) is 4.43. The molecule has 3 nitrogen and oxygen atoms in total. The molecule has 1 aromatic heterocycles. The molecule has 3 aromatic rings. The molecule has 0 bridgehead atoms. The van der Waals surface area contributed by atoms with Crippen LogP contribution in [0, 0.1) is 0 Å². The molecule has 0 N–H and O–H groups in total. The van der Waals surface area contributed by atoms with E-state index in [1.165, 1.54) is 17.4 Å². The average Bonchev–Trinajstić information content (AvgIpc) is 2.97. The van der Waals surface area contributed by atoms with Crippen LogP contribution in [0.1, 0.15) is 15.4 Å². The topological polar surface area (TPSA) is 39.2 Å². The maximum Gasteiger partial charge on any atom is 0.214 e. The van der Waals surface area contributed by atoms with E-state index in [1.807, 2.05) is 48.5 Å². The largest absolute Gasteiger partial charge is 0.496 e. The molecule has 0 saturated carbocycles. The fourth-order valence-corrected chi connectivity index (χ4v) is 2.90. The van der Waals surface area contributed by atoms with E-state index < -0.39 is 0 Å². The van der Waals surface area contributed by atoms with E-state index in [1.54, 1.807) is 13.2 Å². The second-order valence-corrected chi connectivity index (χ2v) is 5.46. The molecular weight excluding hydrogens is 282 g/mol. The van der Waals surface area contributed by atoms with E-state index in [0.29, 0.717) is 5.01 Å². The minimum absolute atomic E-state index is 0.0953. The van der Waals surface area contributed by atoms with Gasteiger partial charge in [0.15, 0.2) is 5.01 Å². The third kappa shape index (κ3) is 2.85. The number of thiazole rings is 1. The number of hydrogen-bond donors (Lipinski definition) is 0. The van der Waals surface area contributed by atoms with Gasteiger partial charge in [-0.3, -0.25) is 4.79 Å². The molecule has 2 aromatic carbocycles. The molecule has 0 radical (unpaired) electrons. The lowest BCUT2D eigenvalue weighted by Crippen LogP contribution is -1.93. The summed E-state index contributed by atoms with van der Waals surface area (Å²) in [5.41, 5.74) is 1.73. The molecule has 3 rings (SSSR count). The lowest BCUT2D eigenvalue weighted by Gasteiger charge is -2.02. The molecule has 0 amide bonds. The fraction of sp³-hybridized carbons (Fsp3) is 0.0588. The maximum absolute atomic E-state index is 12.2. The van der Waals surface area contributed by atoms with E-state index in [9.17, 15) is 4.79 Å². The number of ketones is 1. The van der Waals surface area contributed by atoms with Crippen LogP contribution in [-0.2, 0) is 0 Å². The molecule has 0 spiro atoms. The molecule has 21 heavy (non-hydrogen) atoms. The Bertz CT molecular complexity index is 787. The first-order valence-corrected chi connectivity index (χ1v) is 7.30. The van der Waals surface area contributed by atoms with Crippen molar-refractivity contribution in [3.63, 3.8) is 0 Å². The molecule has 4 heteroatoms. The van der Waals surface area contributed by atoms with E-state index in [0.717, 1.165) is 21.5 Å². The number of nitrogens with zero attached hydrogens (tertiary/aromatic N) is 1. The molecule has 0 aliphatic carbocycles. The number of carbonyl (C=O) groups is 1. The van der Waals surface area contributed by atoms with Gasteiger partial charge in [-0.15, -0.1) is 11.3 Å². The van der Waals surface area contributed by atoms with Crippen molar-refractivity contribution in [3.8, 4) is 5.75 Å². The highest BCUT2D eigenvalue weighted by Crippen LogP contribution is 2.23. The number of fused-ring (bicyclic) bond motifs is 1. The van der Waals surface area contributed by atoms with Crippen LogP contribution in [0.25, 0.3) is 16.3 Å². The number of benzene rings is 2. The summed E-state index contributed by atoms with van der Waals surface area (Å²) in [7, 11) is 1.61. The van der Waals surface area contributed by atoms with Crippen LogP contribution < -0.4 is 4.74 Å². The van der Waals surface area contributed by atoms with E-state index in [2.05, 4.69) is 4.98 Å². The third-order valence-electron chi connectivity index (χ3n) is 3.06. The highest BCUT2D eigenvalue weighted by Gasteiger charge is 2.09. The van der Waals surface area contributed by atoms with Crippen molar-refractivity contribution >= 4 is 33.4 Å². The number of para-hydroxylation sites is 2. The van der Waals surface area contributed by atoms with Gasteiger partial charge < -0.3 is 4.74 Å². The van der Waals surface area contributed by atoms with E-state index >= 15 is 0 Å². The molecule has 0 unspecified atom stereocenters. The monoisotopic (exact) mass is 295 g/mol. The highest BCUT2D eigenvalue weighted by molar-refractivity contribution is 7.20. The third-order valence-corrected chi connectivity index (χ3v) is 4.11. The van der Waals surface area contributed by atoms with Crippen molar-refractivity contribution in [2.24, 2.45) is 0 Å². The van der Waals surface area contributed by atoms with Gasteiger partial charge in [-0.25, -0.2) is 4.98 Å². The van der Waals surface area contributed by atoms with Crippen molar-refractivity contribution in [2.75, 3.05) is 7.11 Å². The van der Waals surface area contributed by atoms with Crippen molar-refractivity contribution in [3.05, 3.63) is 65.2 Å². The number of aromatic nitrogens is 1. The minimum atomic E-state index is -0.0953. The molecule has 0 fully saturated rings. The molecule has 0 saturated heterocycles. The van der Waals surface area contributed by atoms with Gasteiger partial charge in [-0.2, -0.15) is 0 Å². The van der Waals surface area contributed by atoms with E-state index in [-0.39, 0.29) is 5.78 Å². The molecule has 104 valence electrons. The Morgan fingerprint density at radius 3 is 2.71 bits per heavy atom. The summed E-state index contributed by atoms with van der Waals surface area (Å²) in [5.74, 6) is 0.646. The summed E-state index contributed by atoms with van der Waals surface area (Å²) >= 11 is 1.41. The quantitative estimate of drug-likeness (QED) is 0.535. The standard InChI is InChI=1S/C17H13NO2S/c1-20-15-8-4-2-6-12(15)10-11-14(19)17-18-13-7-3-5-9-16(13)21-17/h2-11H,1H3/b11-10+. The Kier molecular flexibility index (Phi) is 3.79. The Morgan fingerprint density at radius 2 is 1.90 bits per heavy atom. The smallest absolute Gasteiger partial charge is 0.214 e. The second kappa shape index (κ2) is 5.89. The first-order valence-electron chi connectivity index (χ1n) is 6.49. The van der Waals surface area contributed by atoms with Gasteiger partial charge in [0.1, 0.15) is 5.75 Å². The van der Waals surface area contributed by atoms with Gasteiger partial charge in [-0.05, 0) is 30.4 Å². The zero-order chi connectivity index (χ0) is 14.7. The highest BCUT2D eigenvalue weighted by atomic mass is 32.1. The number of hydrogen-bond acceptors (Lipinski definition) is 4. The summed E-state index contributed by atoms with van der Waals surface area (Å²) in [6.45, 7) is 0. The van der Waals surface area contributed by atoms with Gasteiger partial charge in [0, 0.05) is 5.56 Å². The molecular formula is C17H13NO2S. The molecule has 0 aliphatic heterocycles. The SMILES string of the molecule is COc1ccccc1/C=C/C(=O)c1nc2ccccc2s1. The lowest BCUT2D eigenvalue weighted by molar-refractivity contribution is 0.104. The summed E-state index contributed by atoms with van der Waals surface area (Å²) < 4.78 is 6.28. The Balaban J connectivity index is 1.87. The van der Waals surface area contributed by atoms with Crippen LogP contribution in [0.15, 0.2) is 54.6 Å². The first kappa shape index (κ1) is 13.5. The number of allylic oxidation sites excluding steroid dienone is 1. The lowest BCUT2D eigenvalue weighted by atomic mass is 10.1. The molecule has 0 atom stereocenters. The molecule has 0 aliphatic rings. The van der Waals surface area contributed by atoms with Crippen LogP contribution in [0.5, 0.6) is 5.75 Å². The maximum atomic E-state index is 12.2. The van der Waals surface area contributed by atoms with Crippen molar-refractivity contribution < 1.29 is 9.53 Å². The van der Waals surface area contributed by atoms with Gasteiger partial charge in [0.2, 0.25) is 5.78 Å². The number of methoxy groups -OCH3 is 1. The average molecular weight is 295 g/mol. The van der Waals surface area contributed by atoms with E-state index in [4.69, 9.17) is 4.74 Å². The first-order chi connectivity index (χ1) is 10.3. The number of rotatable bonds is 4. The van der Waals surface area contributed by atoms with Crippen LogP contribution in [0.3, 0.4) is 0 Å². The van der Waals surface area contributed by atoms with Crippen LogP contribution >= 0.6 is 11.3 Å². The summed E-state index contributed by atoms with van der Waals surface area (Å²) in [6.07, 6.45) is 3.29. The summed E-state index contributed by atoms with van der Waals surface area (Å²) in [4.78, 5) is 16.6. The van der Waals surface area contributed by atoms with Gasteiger partial charge in [-0.1, -0.05) is 30.3 Å². The van der Waals surface area contributed by atoms with Crippen molar-refractivity contribution in [1.29, 1.82) is 0 Å². The summed E-state index contributed by atoms with van der Waals surface area (Å²) in [5, 5.41) is 0.502. The van der Waals surface area contributed by atoms with Crippen molar-refractivity contribution in [1.82, 2.24) is 4.98 Å². The van der Waals surface area contributed by atoms with Crippen LogP contribution in [0.2, 0.25) is 0 Å². The predicted octanol–water partition coefficient (Wildman–Crippen LogP) is 4.20. The Morgan fingerprint density at radius 1 is 1.14 bits per heavy atom. The van der Waals surface area contributed by atoms with Crippen LogP contribution in [-0.4, -0.2) is 17.9 Å². The molecule has 1 heterocycles. The minimum Gasteiger partial charge on any atom is -0.496 e. The van der Waals surface area contributed by atoms with Gasteiger partial charge >= 0.3 is 0 Å². The van der Waals surface area contributed by atoms with Gasteiger partial charge in [0.25, 0.3) is 0 Å². The van der Waals surface area contributed by atoms with Crippen molar-refractivity contribution in [2.45, 2.75) is 0 Å². The van der Waals surface area contributed by atoms with Crippen LogP contribution in [0.4, 0.5) is 0 Å². The number of ether oxygens (including phenoxy) is 1. The van der Waals surface area contributed by atoms with Gasteiger partial charge in [0.05, 0.1) is 17.3 Å². The zero-order valence-corrected chi connectivity index (χ0v) is 12.3. The number of carbonyl (C=O) groups excluding carboxylic acids is 1. The Hall–Kier alpha value is -2.46. The predicted molar refractivity (Wildman–Crippen MR) is 86.0 cm³/mol. The normalized spacial score (nSPS) is 11.1.